The molecular formula is C44H32N6. The molecule has 1 aliphatic heterocycles. The standard InChI is InChI=1S/C44H32N6/c1-3-12-29(13-4-1)42-46-43(30-14-5-2-6-15-30)48-44(47-42)50-39-20-10-8-18-35(39)37-27-32(22-24-41(37)50)31-21-23-40-36(26-31)34-17-7-9-19-38(34)49(40)33-16-11-25-45-28-33/h1-28,42-43,46H,(H,47,48). The Morgan fingerprint density at radius 3 is 1.68 bits per heavy atom. The molecule has 0 radical (unpaired) electrons. The monoisotopic (exact) mass is 644 g/mol. The summed E-state index contributed by atoms with van der Waals surface area (Å²) in [5.74, 6) is 0.815. The molecule has 6 aromatic carbocycles. The molecule has 2 atom stereocenters. The predicted molar refractivity (Wildman–Crippen MR) is 204 cm³/mol. The van der Waals surface area contributed by atoms with Gasteiger partial charge in [-0.3, -0.25) is 14.9 Å². The van der Waals surface area contributed by atoms with Gasteiger partial charge in [-0.1, -0.05) is 109 Å². The number of benzene rings is 6. The molecule has 0 spiro atoms. The maximum absolute atomic E-state index is 5.29. The molecule has 0 saturated heterocycles. The van der Waals surface area contributed by atoms with Gasteiger partial charge in [0.25, 0.3) is 0 Å². The topological polar surface area (TPSA) is 59.2 Å². The summed E-state index contributed by atoms with van der Waals surface area (Å²) in [6, 6.07) is 56.0. The van der Waals surface area contributed by atoms with Gasteiger partial charge in [-0.25, -0.2) is 4.99 Å². The average molecular weight is 645 g/mol. The van der Waals surface area contributed by atoms with E-state index < -0.39 is 0 Å². The zero-order valence-electron chi connectivity index (χ0n) is 27.1. The van der Waals surface area contributed by atoms with Gasteiger partial charge in [0.1, 0.15) is 12.3 Å². The van der Waals surface area contributed by atoms with Crippen molar-refractivity contribution in [3.63, 3.8) is 0 Å². The molecule has 0 amide bonds. The van der Waals surface area contributed by atoms with Crippen molar-refractivity contribution in [2.45, 2.75) is 12.3 Å². The first-order valence-electron chi connectivity index (χ1n) is 17.0. The van der Waals surface area contributed by atoms with Crippen LogP contribution in [0.4, 0.5) is 0 Å². The van der Waals surface area contributed by atoms with Gasteiger partial charge in [-0.05, 0) is 70.8 Å². The first kappa shape index (κ1) is 28.5. The molecule has 0 bridgehead atoms. The van der Waals surface area contributed by atoms with Crippen LogP contribution in [0.15, 0.2) is 175 Å². The number of hydrogen-bond donors (Lipinski definition) is 2. The van der Waals surface area contributed by atoms with E-state index in [1.807, 2.05) is 24.5 Å². The van der Waals surface area contributed by atoms with E-state index in [1.165, 1.54) is 38.2 Å². The number of para-hydroxylation sites is 2. The number of fused-ring (bicyclic) bond motifs is 6. The molecule has 9 aromatic rings. The molecule has 0 aliphatic carbocycles. The predicted octanol–water partition coefficient (Wildman–Crippen LogP) is 9.75. The molecule has 6 heteroatoms. The lowest BCUT2D eigenvalue weighted by Gasteiger charge is -2.32. The van der Waals surface area contributed by atoms with Crippen LogP contribution in [0.3, 0.4) is 0 Å². The lowest BCUT2D eigenvalue weighted by molar-refractivity contribution is 0.403. The van der Waals surface area contributed by atoms with Crippen molar-refractivity contribution < 1.29 is 0 Å². The van der Waals surface area contributed by atoms with Crippen LogP contribution in [0.5, 0.6) is 0 Å². The molecule has 238 valence electrons. The van der Waals surface area contributed by atoms with E-state index in [-0.39, 0.29) is 12.3 Å². The molecular weight excluding hydrogens is 613 g/mol. The second-order valence-electron chi connectivity index (χ2n) is 12.8. The smallest absolute Gasteiger partial charge is 0.206 e. The van der Waals surface area contributed by atoms with Crippen LogP contribution in [0.2, 0.25) is 0 Å². The van der Waals surface area contributed by atoms with Gasteiger partial charge < -0.3 is 9.88 Å². The van der Waals surface area contributed by atoms with Crippen LogP contribution in [0.1, 0.15) is 23.5 Å². The summed E-state index contributed by atoms with van der Waals surface area (Å²) in [6.07, 6.45) is 3.41. The van der Waals surface area contributed by atoms with Gasteiger partial charge >= 0.3 is 0 Å². The zero-order valence-corrected chi connectivity index (χ0v) is 27.1. The Labute approximate surface area is 289 Å². The highest BCUT2D eigenvalue weighted by Crippen LogP contribution is 2.37. The minimum absolute atomic E-state index is 0.120. The Hall–Kier alpha value is -6.50. The third-order valence-corrected chi connectivity index (χ3v) is 9.89. The molecule has 6 nitrogen and oxygen atoms in total. The lowest BCUT2D eigenvalue weighted by atomic mass is 10.0. The van der Waals surface area contributed by atoms with Crippen LogP contribution >= 0.6 is 0 Å². The van der Waals surface area contributed by atoms with Crippen molar-refractivity contribution >= 4 is 49.6 Å². The van der Waals surface area contributed by atoms with Crippen molar-refractivity contribution in [1.29, 1.82) is 0 Å². The fourth-order valence-corrected chi connectivity index (χ4v) is 7.58. The van der Waals surface area contributed by atoms with Gasteiger partial charge in [-0.15, -0.1) is 0 Å². The quantitative estimate of drug-likeness (QED) is 0.201. The average Bonchev–Trinajstić information content (AvgIpc) is 3.71. The highest BCUT2D eigenvalue weighted by Gasteiger charge is 2.27. The van der Waals surface area contributed by atoms with E-state index in [0.717, 1.165) is 39.3 Å². The van der Waals surface area contributed by atoms with Gasteiger partial charge in [0.2, 0.25) is 5.96 Å². The maximum Gasteiger partial charge on any atom is 0.206 e. The summed E-state index contributed by atoms with van der Waals surface area (Å²) < 4.78 is 4.59. The second kappa shape index (κ2) is 11.6. The fraction of sp³-hybridized carbons (Fsp3) is 0.0455. The third kappa shape index (κ3) is 4.61. The minimum atomic E-state index is -0.214. The molecule has 4 heterocycles. The minimum Gasteiger partial charge on any atom is -0.336 e. The molecule has 0 saturated carbocycles. The zero-order chi connectivity index (χ0) is 33.0. The van der Waals surface area contributed by atoms with Crippen molar-refractivity contribution in [3.8, 4) is 16.8 Å². The molecule has 3 aromatic heterocycles. The third-order valence-electron chi connectivity index (χ3n) is 9.89. The first-order valence-corrected chi connectivity index (χ1v) is 17.0. The van der Waals surface area contributed by atoms with Crippen LogP contribution in [-0.4, -0.2) is 20.1 Å². The molecule has 50 heavy (non-hydrogen) atoms. The van der Waals surface area contributed by atoms with E-state index in [1.54, 1.807) is 0 Å². The fourth-order valence-electron chi connectivity index (χ4n) is 7.58. The maximum atomic E-state index is 5.29. The Balaban J connectivity index is 1.13. The van der Waals surface area contributed by atoms with Crippen molar-refractivity contribution in [3.05, 3.63) is 181 Å². The van der Waals surface area contributed by atoms with Gasteiger partial charge in [-0.2, -0.15) is 0 Å². The highest BCUT2D eigenvalue weighted by atomic mass is 15.4. The van der Waals surface area contributed by atoms with Crippen molar-refractivity contribution in [2.24, 2.45) is 4.99 Å². The van der Waals surface area contributed by atoms with Crippen LogP contribution in [0, 0.1) is 0 Å². The van der Waals surface area contributed by atoms with Gasteiger partial charge in [0.15, 0.2) is 0 Å². The first-order chi connectivity index (χ1) is 24.8. The summed E-state index contributed by atoms with van der Waals surface area (Å²) in [7, 11) is 0. The van der Waals surface area contributed by atoms with E-state index >= 15 is 0 Å². The molecule has 2 unspecified atom stereocenters. The van der Waals surface area contributed by atoms with E-state index in [9.17, 15) is 0 Å². The Kier molecular flexibility index (Phi) is 6.60. The second-order valence-corrected chi connectivity index (χ2v) is 12.8. The number of nitrogens with one attached hydrogen (secondary N) is 2. The van der Waals surface area contributed by atoms with E-state index in [4.69, 9.17) is 4.99 Å². The molecule has 10 rings (SSSR count). The van der Waals surface area contributed by atoms with Gasteiger partial charge in [0.05, 0.1) is 34.0 Å². The summed E-state index contributed by atoms with van der Waals surface area (Å²) in [5.41, 5.74) is 10.2. The summed E-state index contributed by atoms with van der Waals surface area (Å²) >= 11 is 0. The largest absolute Gasteiger partial charge is 0.336 e. The summed E-state index contributed by atoms with van der Waals surface area (Å²) in [6.45, 7) is 0. The van der Waals surface area contributed by atoms with Gasteiger partial charge in [0, 0.05) is 27.7 Å². The Morgan fingerprint density at radius 2 is 1.04 bits per heavy atom. The Bertz CT molecular complexity index is 2710. The number of aromatic nitrogens is 3. The summed E-state index contributed by atoms with van der Waals surface area (Å²) in [5, 5.41) is 12.3. The van der Waals surface area contributed by atoms with Crippen molar-refractivity contribution in [1.82, 2.24) is 24.8 Å². The number of rotatable bonds is 4. The van der Waals surface area contributed by atoms with E-state index in [2.05, 4.69) is 170 Å². The molecule has 2 N–H and O–H groups in total. The van der Waals surface area contributed by atoms with Crippen LogP contribution in [-0.2, 0) is 0 Å². The summed E-state index contributed by atoms with van der Waals surface area (Å²) in [4.78, 5) is 9.70. The van der Waals surface area contributed by atoms with Crippen LogP contribution < -0.4 is 10.6 Å². The lowest BCUT2D eigenvalue weighted by Crippen LogP contribution is -2.47. The molecule has 1 aliphatic rings. The van der Waals surface area contributed by atoms with E-state index in [0.29, 0.717) is 0 Å². The molecule has 0 fully saturated rings. The van der Waals surface area contributed by atoms with Crippen molar-refractivity contribution in [2.75, 3.05) is 0 Å². The number of nitrogens with zero attached hydrogens (tertiary/aromatic N) is 4. The highest BCUT2D eigenvalue weighted by molar-refractivity contribution is 6.15. The SMILES string of the molecule is c1ccc(C2N=C(n3c4ccccc4c4cc(-c5ccc6c(c5)c5ccccc5n6-c5cccnc5)ccc43)NC(c3ccccc3)N2)cc1. The number of pyridine rings is 1. The Morgan fingerprint density at radius 1 is 0.480 bits per heavy atom. The normalized spacial score (nSPS) is 16.2. The number of aliphatic imine (C=N–C) groups is 1. The van der Waals surface area contributed by atoms with Crippen LogP contribution in [0.25, 0.3) is 60.4 Å². The number of hydrogen-bond acceptors (Lipinski definition) is 4.